The van der Waals surface area contributed by atoms with Crippen LogP contribution in [-0.2, 0) is 24.0 Å². The Labute approximate surface area is 176 Å². The molecule has 0 aromatic carbocycles. The maximum absolute atomic E-state index is 12.3. The number of thioether (sulfide) groups is 1. The maximum Gasteiger partial charge on any atom is 0.322 e. The molecule has 1 unspecified atom stereocenters. The number of carboxylic acid groups (broad SMARTS) is 2. The summed E-state index contributed by atoms with van der Waals surface area (Å²) in [6, 6.07) is -3.51. The summed E-state index contributed by atoms with van der Waals surface area (Å²) in [5, 5.41) is 23.1. The van der Waals surface area contributed by atoms with E-state index in [9.17, 15) is 28.8 Å². The van der Waals surface area contributed by atoms with Gasteiger partial charge in [0.25, 0.3) is 0 Å². The van der Waals surface area contributed by atoms with Gasteiger partial charge < -0.3 is 32.3 Å². The van der Waals surface area contributed by atoms with Gasteiger partial charge in [0.2, 0.25) is 17.7 Å². The molecule has 0 aliphatic rings. The molecule has 0 fully saturated rings. The van der Waals surface area contributed by atoms with Crippen molar-refractivity contribution in [3.63, 3.8) is 0 Å². The number of hydrogen-bond donors (Lipinski definition) is 7. The molecule has 0 aromatic heterocycles. The highest BCUT2D eigenvalue weighted by Crippen LogP contribution is 2.21. The molecule has 0 saturated heterocycles. The predicted octanol–water partition coefficient (Wildman–Crippen LogP) is -2.18. The lowest BCUT2D eigenvalue weighted by Gasteiger charge is -2.23. The molecule has 170 valence electrons. The zero-order chi connectivity index (χ0) is 23.4. The summed E-state index contributed by atoms with van der Waals surface area (Å²) < 4.78 is 0. The van der Waals surface area contributed by atoms with Gasteiger partial charge in [0.05, 0.1) is 5.25 Å². The molecule has 0 rings (SSSR count). The van der Waals surface area contributed by atoms with Gasteiger partial charge >= 0.3 is 18.0 Å². The van der Waals surface area contributed by atoms with Crippen molar-refractivity contribution in [1.29, 1.82) is 0 Å². The van der Waals surface area contributed by atoms with E-state index in [4.69, 9.17) is 21.7 Å². The third kappa shape index (κ3) is 11.2. The summed E-state index contributed by atoms with van der Waals surface area (Å²) in [6.45, 7) is 2.71. The number of primary amides is 1. The van der Waals surface area contributed by atoms with Gasteiger partial charge in [0, 0.05) is 12.2 Å². The van der Waals surface area contributed by atoms with E-state index in [-0.39, 0.29) is 24.5 Å². The van der Waals surface area contributed by atoms with Gasteiger partial charge in [-0.3, -0.25) is 29.3 Å². The minimum absolute atomic E-state index is 0.128. The number of amides is 5. The number of hydrogen-bond acceptors (Lipinski definition) is 8. The van der Waals surface area contributed by atoms with Gasteiger partial charge in [0.15, 0.2) is 0 Å². The van der Waals surface area contributed by atoms with E-state index in [1.54, 1.807) is 13.8 Å². The first-order chi connectivity index (χ1) is 13.8. The lowest BCUT2D eigenvalue weighted by molar-refractivity contribution is -0.139. The van der Waals surface area contributed by atoms with E-state index in [1.807, 2.05) is 5.32 Å². The molecule has 0 heterocycles. The molecule has 13 nitrogen and oxygen atoms in total. The monoisotopic (exact) mass is 449 g/mol. The molecule has 0 aliphatic heterocycles. The van der Waals surface area contributed by atoms with E-state index < -0.39 is 59.6 Å². The number of aliphatic carboxylic acids is 2. The van der Waals surface area contributed by atoms with Crippen LogP contribution in [0.15, 0.2) is 0 Å². The van der Waals surface area contributed by atoms with Crippen molar-refractivity contribution in [3.05, 3.63) is 0 Å². The molecule has 3 atom stereocenters. The number of carbonyl (C=O) groups excluding carboxylic acids is 4. The fraction of sp³-hybridized carbons (Fsp3) is 0.625. The van der Waals surface area contributed by atoms with E-state index in [0.717, 1.165) is 11.8 Å². The number of nitrogens with two attached hydrogens (primary N) is 2. The summed E-state index contributed by atoms with van der Waals surface area (Å²) in [4.78, 5) is 68.7. The summed E-state index contributed by atoms with van der Waals surface area (Å²) in [5.41, 5.74) is 10.3. The van der Waals surface area contributed by atoms with Crippen molar-refractivity contribution in [3.8, 4) is 0 Å². The zero-order valence-corrected chi connectivity index (χ0v) is 17.4. The molecular weight excluding hydrogens is 422 g/mol. The van der Waals surface area contributed by atoms with Gasteiger partial charge in [-0.2, -0.15) is 0 Å². The quantitative estimate of drug-likeness (QED) is 0.160. The Kier molecular flexibility index (Phi) is 12.1. The number of nitrogens with one attached hydrogen (secondary N) is 3. The number of urea groups is 1. The van der Waals surface area contributed by atoms with Crippen molar-refractivity contribution in [2.24, 2.45) is 17.4 Å². The number of rotatable bonds is 13. The second-order valence-corrected chi connectivity index (χ2v) is 7.74. The molecule has 0 radical (unpaired) electrons. The van der Waals surface area contributed by atoms with Crippen LogP contribution in [-0.4, -0.2) is 75.5 Å². The van der Waals surface area contributed by atoms with E-state index in [1.165, 1.54) is 0 Å². The molecule has 0 bridgehead atoms. The summed E-state index contributed by atoms with van der Waals surface area (Å²) >= 11 is 0.960. The molecule has 0 aromatic rings. The summed E-state index contributed by atoms with van der Waals surface area (Å²) in [7, 11) is 0. The minimum atomic E-state index is -1.30. The predicted molar refractivity (Wildman–Crippen MR) is 106 cm³/mol. The van der Waals surface area contributed by atoms with Crippen molar-refractivity contribution < 1.29 is 39.0 Å². The molecule has 0 aliphatic carbocycles. The lowest BCUT2D eigenvalue weighted by Crippen LogP contribution is -2.50. The molecule has 14 heteroatoms. The number of carbonyl (C=O) groups is 6. The second kappa shape index (κ2) is 13.4. The first kappa shape index (κ1) is 27.1. The van der Waals surface area contributed by atoms with E-state index in [0.29, 0.717) is 0 Å². The van der Waals surface area contributed by atoms with Crippen LogP contribution >= 0.6 is 11.8 Å². The maximum atomic E-state index is 12.3. The van der Waals surface area contributed by atoms with Crippen LogP contribution in [0.2, 0.25) is 0 Å². The van der Waals surface area contributed by atoms with Gasteiger partial charge in [-0.25, -0.2) is 4.79 Å². The average Bonchev–Trinajstić information content (AvgIpc) is 2.62. The Morgan fingerprint density at radius 1 is 1.03 bits per heavy atom. The normalized spacial score (nSPS) is 13.6. The van der Waals surface area contributed by atoms with Crippen LogP contribution in [0.25, 0.3) is 0 Å². The van der Waals surface area contributed by atoms with Gasteiger partial charge in [-0.15, -0.1) is 11.8 Å². The Hall–Kier alpha value is -2.87. The highest BCUT2D eigenvalue weighted by molar-refractivity contribution is 8.00. The van der Waals surface area contributed by atoms with Crippen molar-refractivity contribution in [2.45, 2.75) is 44.0 Å². The third-order valence-electron chi connectivity index (χ3n) is 3.62. The van der Waals surface area contributed by atoms with Crippen molar-refractivity contribution in [2.75, 3.05) is 12.3 Å². The van der Waals surface area contributed by atoms with Crippen molar-refractivity contribution >= 4 is 47.5 Å². The van der Waals surface area contributed by atoms with Gasteiger partial charge in [-0.05, 0) is 12.3 Å². The Morgan fingerprint density at radius 2 is 1.63 bits per heavy atom. The Morgan fingerprint density at radius 3 is 2.10 bits per heavy atom. The highest BCUT2D eigenvalue weighted by atomic mass is 32.2. The molecule has 5 amide bonds. The van der Waals surface area contributed by atoms with Crippen LogP contribution in [0.5, 0.6) is 0 Å². The lowest BCUT2D eigenvalue weighted by atomic mass is 10.1. The SMILES string of the molecule is CC(C)C(SC[C@H](NC(=O)CC[C@H](N)C(=O)O)C(=O)NCC(=O)O)C(=O)NC(N)=O. The first-order valence-corrected chi connectivity index (χ1v) is 9.89. The molecule has 9 N–H and O–H groups in total. The Balaban J connectivity index is 5.14. The second-order valence-electron chi connectivity index (χ2n) is 6.57. The van der Waals surface area contributed by atoms with Crippen LogP contribution in [0.3, 0.4) is 0 Å². The van der Waals surface area contributed by atoms with Crippen molar-refractivity contribution in [1.82, 2.24) is 16.0 Å². The first-order valence-electron chi connectivity index (χ1n) is 8.84. The van der Waals surface area contributed by atoms with E-state index in [2.05, 4.69) is 10.6 Å². The van der Waals surface area contributed by atoms with Crippen LogP contribution < -0.4 is 27.4 Å². The number of carboxylic acids is 2. The third-order valence-corrected chi connectivity index (χ3v) is 5.26. The van der Waals surface area contributed by atoms with Crippen LogP contribution in [0, 0.1) is 5.92 Å². The molecule has 30 heavy (non-hydrogen) atoms. The standard InChI is InChI=1S/C16H27N5O8S/c1-7(2)12(14(26)21-16(18)29)30-6-9(13(25)19-5-11(23)24)20-10(22)4-3-8(17)15(27)28/h7-9,12H,3-6,17H2,1-2H3,(H,19,25)(H,20,22)(H,23,24)(H,27,28)(H3,18,21,26,29)/t8-,9-,12?/m0/s1. The topological polar surface area (TPSA) is 231 Å². The van der Waals surface area contributed by atoms with Gasteiger partial charge in [0.1, 0.15) is 18.6 Å². The fourth-order valence-corrected chi connectivity index (χ4v) is 3.34. The fourth-order valence-electron chi connectivity index (χ4n) is 2.11. The largest absolute Gasteiger partial charge is 0.480 e. The van der Waals surface area contributed by atoms with Crippen LogP contribution in [0.1, 0.15) is 26.7 Å². The summed E-state index contributed by atoms with van der Waals surface area (Å²) in [6.07, 6.45) is -0.454. The molecule has 0 spiro atoms. The average molecular weight is 449 g/mol. The molecule has 0 saturated carbocycles. The van der Waals surface area contributed by atoms with E-state index >= 15 is 0 Å². The highest BCUT2D eigenvalue weighted by Gasteiger charge is 2.28. The Bertz CT molecular complexity index is 672. The zero-order valence-electron chi connectivity index (χ0n) is 16.5. The number of imide groups is 1. The smallest absolute Gasteiger partial charge is 0.322 e. The van der Waals surface area contributed by atoms with Gasteiger partial charge in [-0.1, -0.05) is 13.8 Å². The molecular formula is C16H27N5O8S. The van der Waals surface area contributed by atoms with Crippen LogP contribution in [0.4, 0.5) is 4.79 Å². The summed E-state index contributed by atoms with van der Waals surface area (Å²) in [5.74, 6) is -5.13. The minimum Gasteiger partial charge on any atom is -0.480 e.